The smallest absolute Gasteiger partial charge is 0.219 e. The van der Waals surface area contributed by atoms with Crippen molar-refractivity contribution in [1.82, 2.24) is 5.32 Å². The molecule has 17 heavy (non-hydrogen) atoms. The maximum Gasteiger partial charge on any atom is 0.219 e. The zero-order valence-electron chi connectivity index (χ0n) is 9.89. The lowest BCUT2D eigenvalue weighted by atomic mass is 10.00. The number of rotatable bonds is 5. The molecule has 1 aromatic carbocycles. The summed E-state index contributed by atoms with van der Waals surface area (Å²) in [5, 5.41) is 3.97. The highest BCUT2D eigenvalue weighted by atomic mass is 79.9. The number of halogens is 2. The molecule has 0 bridgehead atoms. The van der Waals surface area contributed by atoms with Gasteiger partial charge in [-0.1, -0.05) is 27.5 Å². The van der Waals surface area contributed by atoms with Crippen molar-refractivity contribution in [2.24, 2.45) is 5.73 Å². The van der Waals surface area contributed by atoms with E-state index in [-0.39, 0.29) is 11.4 Å². The fraction of sp³-hybridized carbons (Fsp3) is 0.417. The van der Waals surface area contributed by atoms with E-state index in [0.717, 1.165) is 10.0 Å². The van der Waals surface area contributed by atoms with Crippen LogP contribution in [0.5, 0.6) is 0 Å². The maximum absolute atomic E-state index is 10.9. The molecule has 5 heteroatoms. The summed E-state index contributed by atoms with van der Waals surface area (Å²) in [4.78, 5) is 10.9. The van der Waals surface area contributed by atoms with Gasteiger partial charge in [0.25, 0.3) is 0 Å². The molecule has 0 unspecified atom stereocenters. The summed E-state index contributed by atoms with van der Waals surface area (Å²) in [7, 11) is 0. The van der Waals surface area contributed by atoms with Crippen LogP contribution in [-0.2, 0) is 11.3 Å². The highest BCUT2D eigenvalue weighted by molar-refractivity contribution is 9.10. The molecule has 0 aliphatic carbocycles. The number of benzene rings is 1. The van der Waals surface area contributed by atoms with Gasteiger partial charge in [0.2, 0.25) is 5.91 Å². The molecule has 0 atom stereocenters. The third kappa shape index (κ3) is 5.06. The van der Waals surface area contributed by atoms with Crippen molar-refractivity contribution >= 4 is 33.4 Å². The van der Waals surface area contributed by atoms with E-state index in [2.05, 4.69) is 21.2 Å². The van der Waals surface area contributed by atoms with Crippen LogP contribution < -0.4 is 11.1 Å². The van der Waals surface area contributed by atoms with Gasteiger partial charge in [-0.2, -0.15) is 0 Å². The number of amides is 1. The SMILES string of the molecule is CC(C)(CC(N)=O)NCc1cc(Br)ccc1Cl. The zero-order chi connectivity index (χ0) is 13.1. The van der Waals surface area contributed by atoms with Gasteiger partial charge < -0.3 is 11.1 Å². The number of carbonyl (C=O) groups excluding carboxylic acids is 1. The molecule has 3 N–H and O–H groups in total. The average molecular weight is 320 g/mol. The summed E-state index contributed by atoms with van der Waals surface area (Å²) in [6, 6.07) is 5.68. The third-order valence-corrected chi connectivity index (χ3v) is 3.24. The van der Waals surface area contributed by atoms with Crippen LogP contribution in [0.3, 0.4) is 0 Å². The predicted molar refractivity (Wildman–Crippen MR) is 73.9 cm³/mol. The van der Waals surface area contributed by atoms with Crippen molar-refractivity contribution in [1.29, 1.82) is 0 Å². The van der Waals surface area contributed by atoms with Gasteiger partial charge in [0, 0.05) is 28.0 Å². The monoisotopic (exact) mass is 318 g/mol. The van der Waals surface area contributed by atoms with Gasteiger partial charge in [0.1, 0.15) is 0 Å². The predicted octanol–water partition coefficient (Wildman–Crippen LogP) is 2.85. The number of primary amides is 1. The second-order valence-electron chi connectivity index (χ2n) is 4.62. The topological polar surface area (TPSA) is 55.1 Å². The lowest BCUT2D eigenvalue weighted by Crippen LogP contribution is -2.42. The molecule has 0 aliphatic heterocycles. The van der Waals surface area contributed by atoms with Gasteiger partial charge in [0.15, 0.2) is 0 Å². The van der Waals surface area contributed by atoms with E-state index in [4.69, 9.17) is 17.3 Å². The quantitative estimate of drug-likeness (QED) is 0.877. The summed E-state index contributed by atoms with van der Waals surface area (Å²) in [5.41, 5.74) is 5.84. The Hall–Kier alpha value is -0.580. The van der Waals surface area contributed by atoms with Crippen molar-refractivity contribution in [3.63, 3.8) is 0 Å². The fourth-order valence-electron chi connectivity index (χ4n) is 1.51. The van der Waals surface area contributed by atoms with Crippen molar-refractivity contribution in [3.05, 3.63) is 33.3 Å². The minimum absolute atomic E-state index is 0.290. The molecule has 1 amide bonds. The van der Waals surface area contributed by atoms with E-state index in [9.17, 15) is 4.79 Å². The van der Waals surface area contributed by atoms with Gasteiger partial charge in [-0.05, 0) is 37.6 Å². The molecule has 0 saturated heterocycles. The van der Waals surface area contributed by atoms with Crippen molar-refractivity contribution in [3.8, 4) is 0 Å². The van der Waals surface area contributed by atoms with Crippen molar-refractivity contribution < 1.29 is 4.79 Å². The summed E-state index contributed by atoms with van der Waals surface area (Å²) in [6.07, 6.45) is 0.290. The molecule has 1 rings (SSSR count). The lowest BCUT2D eigenvalue weighted by Gasteiger charge is -2.25. The van der Waals surface area contributed by atoms with E-state index in [1.165, 1.54) is 0 Å². The first-order valence-electron chi connectivity index (χ1n) is 5.27. The maximum atomic E-state index is 10.9. The van der Waals surface area contributed by atoms with Crippen LogP contribution >= 0.6 is 27.5 Å². The summed E-state index contributed by atoms with van der Waals surface area (Å²) in [6.45, 7) is 4.46. The Morgan fingerprint density at radius 2 is 2.18 bits per heavy atom. The minimum Gasteiger partial charge on any atom is -0.370 e. The molecule has 0 aromatic heterocycles. The van der Waals surface area contributed by atoms with Gasteiger partial charge in [-0.3, -0.25) is 4.79 Å². The molecule has 0 aliphatic rings. The van der Waals surface area contributed by atoms with Crippen LogP contribution in [0, 0.1) is 0 Å². The first-order valence-corrected chi connectivity index (χ1v) is 6.44. The normalized spacial score (nSPS) is 11.5. The third-order valence-electron chi connectivity index (χ3n) is 2.38. The number of nitrogens with two attached hydrogens (primary N) is 1. The van der Waals surface area contributed by atoms with Crippen LogP contribution in [0.4, 0.5) is 0 Å². The lowest BCUT2D eigenvalue weighted by molar-refractivity contribution is -0.119. The van der Waals surface area contributed by atoms with E-state index in [1.54, 1.807) is 0 Å². The largest absolute Gasteiger partial charge is 0.370 e. The Morgan fingerprint density at radius 3 is 2.76 bits per heavy atom. The summed E-state index contributed by atoms with van der Waals surface area (Å²) in [5.74, 6) is -0.317. The van der Waals surface area contributed by atoms with E-state index in [1.807, 2.05) is 32.0 Å². The van der Waals surface area contributed by atoms with E-state index < -0.39 is 0 Å². The van der Waals surface area contributed by atoms with Crippen LogP contribution in [0.2, 0.25) is 5.02 Å². The van der Waals surface area contributed by atoms with Gasteiger partial charge >= 0.3 is 0 Å². The van der Waals surface area contributed by atoms with Crippen molar-refractivity contribution in [2.45, 2.75) is 32.4 Å². The number of nitrogens with one attached hydrogen (secondary N) is 1. The molecule has 0 fully saturated rings. The summed E-state index contributed by atoms with van der Waals surface area (Å²) >= 11 is 9.47. The Bertz CT molecular complexity index is 421. The highest BCUT2D eigenvalue weighted by Crippen LogP contribution is 2.21. The Balaban J connectivity index is 2.66. The minimum atomic E-state index is -0.336. The Labute approximate surface area is 115 Å². The number of hydrogen-bond acceptors (Lipinski definition) is 2. The second-order valence-corrected chi connectivity index (χ2v) is 5.94. The zero-order valence-corrected chi connectivity index (χ0v) is 12.2. The van der Waals surface area contributed by atoms with Crippen molar-refractivity contribution in [2.75, 3.05) is 0 Å². The van der Waals surface area contributed by atoms with Gasteiger partial charge in [-0.25, -0.2) is 0 Å². The molecular weight excluding hydrogens is 304 g/mol. The molecule has 0 radical (unpaired) electrons. The Morgan fingerprint density at radius 1 is 1.53 bits per heavy atom. The van der Waals surface area contributed by atoms with Gasteiger partial charge in [-0.15, -0.1) is 0 Å². The molecule has 1 aromatic rings. The van der Waals surface area contributed by atoms with Crippen LogP contribution in [-0.4, -0.2) is 11.4 Å². The number of carbonyl (C=O) groups is 1. The summed E-state index contributed by atoms with van der Waals surface area (Å²) < 4.78 is 0.978. The highest BCUT2D eigenvalue weighted by Gasteiger charge is 2.19. The van der Waals surface area contributed by atoms with Gasteiger partial charge in [0.05, 0.1) is 0 Å². The second kappa shape index (κ2) is 5.85. The van der Waals surface area contributed by atoms with Crippen LogP contribution in [0.25, 0.3) is 0 Å². The standard InChI is InChI=1S/C12H16BrClN2O/c1-12(2,6-11(15)17)16-7-8-5-9(13)3-4-10(8)14/h3-5,16H,6-7H2,1-2H3,(H2,15,17). The molecule has 94 valence electrons. The molecule has 0 saturated carbocycles. The first-order chi connectivity index (χ1) is 7.80. The van der Waals surface area contributed by atoms with Crippen LogP contribution in [0.1, 0.15) is 25.8 Å². The number of hydrogen-bond donors (Lipinski definition) is 2. The first kappa shape index (κ1) is 14.5. The van der Waals surface area contributed by atoms with Crippen LogP contribution in [0.15, 0.2) is 22.7 Å². The Kier molecular flexibility index (Phi) is 4.98. The molecule has 0 spiro atoms. The fourth-order valence-corrected chi connectivity index (χ4v) is 2.10. The average Bonchev–Trinajstić information content (AvgIpc) is 2.17. The molecule has 0 heterocycles. The molecule has 3 nitrogen and oxygen atoms in total. The van der Waals surface area contributed by atoms with E-state index in [0.29, 0.717) is 18.0 Å². The molecular formula is C12H16BrClN2O. The van der Waals surface area contributed by atoms with E-state index >= 15 is 0 Å².